The Balaban J connectivity index is 1.27. The number of carboxylic acid groups (broad SMARTS) is 1. The first-order chi connectivity index (χ1) is 16.5. The van der Waals surface area contributed by atoms with Crippen LogP contribution in [0.3, 0.4) is 0 Å². The van der Waals surface area contributed by atoms with Gasteiger partial charge in [0.25, 0.3) is 0 Å². The number of hydrogen-bond donors (Lipinski definition) is 3. The Morgan fingerprint density at radius 3 is 2.24 bits per heavy atom. The third-order valence-electron chi connectivity index (χ3n) is 5.80. The quantitative estimate of drug-likeness (QED) is 0.446. The van der Waals surface area contributed by atoms with E-state index >= 15 is 0 Å². The van der Waals surface area contributed by atoms with Gasteiger partial charge >= 0.3 is 12.1 Å². The number of aromatic carboxylic acids is 1. The molecule has 0 fully saturated rings. The first-order valence-corrected chi connectivity index (χ1v) is 10.8. The Kier molecular flexibility index (Phi) is 6.73. The van der Waals surface area contributed by atoms with E-state index in [-0.39, 0.29) is 24.6 Å². The zero-order valence-corrected chi connectivity index (χ0v) is 18.6. The number of rotatable bonds is 7. The molecule has 0 atom stereocenters. The van der Waals surface area contributed by atoms with Gasteiger partial charge in [0.05, 0.1) is 5.56 Å². The van der Waals surface area contributed by atoms with Crippen LogP contribution in [0, 0.1) is 6.92 Å². The summed E-state index contributed by atoms with van der Waals surface area (Å²) in [4.78, 5) is 35.5. The summed E-state index contributed by atoms with van der Waals surface area (Å²) < 4.78 is 5.45. The molecule has 2 amide bonds. The van der Waals surface area contributed by atoms with Gasteiger partial charge < -0.3 is 20.5 Å². The molecule has 0 aliphatic heterocycles. The van der Waals surface area contributed by atoms with Crippen molar-refractivity contribution in [2.75, 3.05) is 18.5 Å². The van der Waals surface area contributed by atoms with E-state index in [0.717, 1.165) is 22.3 Å². The summed E-state index contributed by atoms with van der Waals surface area (Å²) in [5, 5.41) is 14.4. The van der Waals surface area contributed by atoms with Crippen LogP contribution in [0.15, 0.2) is 78.9 Å². The van der Waals surface area contributed by atoms with Crippen molar-refractivity contribution in [2.24, 2.45) is 0 Å². The van der Waals surface area contributed by atoms with E-state index < -0.39 is 18.0 Å². The molecule has 1 aliphatic rings. The highest BCUT2D eigenvalue weighted by molar-refractivity contribution is 6.01. The van der Waals surface area contributed by atoms with Crippen molar-refractivity contribution in [3.63, 3.8) is 0 Å². The number of alkyl carbamates (subject to hydrolysis) is 1. The fraction of sp³-hybridized carbons (Fsp3) is 0.148. The molecule has 0 unspecified atom stereocenters. The minimum Gasteiger partial charge on any atom is -0.478 e. The molecule has 7 nitrogen and oxygen atoms in total. The highest BCUT2D eigenvalue weighted by Crippen LogP contribution is 2.44. The number of hydrogen-bond acceptors (Lipinski definition) is 4. The lowest BCUT2D eigenvalue weighted by atomic mass is 9.98. The maximum absolute atomic E-state index is 12.2. The monoisotopic (exact) mass is 456 g/mol. The van der Waals surface area contributed by atoms with E-state index in [1.54, 1.807) is 19.1 Å². The fourth-order valence-electron chi connectivity index (χ4n) is 4.13. The van der Waals surface area contributed by atoms with Crippen molar-refractivity contribution in [3.8, 4) is 11.1 Å². The second-order valence-electron chi connectivity index (χ2n) is 7.88. The van der Waals surface area contributed by atoms with Crippen molar-refractivity contribution in [1.29, 1.82) is 0 Å². The topological polar surface area (TPSA) is 105 Å². The minimum atomic E-state index is -1.06. The minimum absolute atomic E-state index is 0.0238. The molecule has 0 saturated heterocycles. The average Bonchev–Trinajstić information content (AvgIpc) is 3.15. The fourth-order valence-corrected chi connectivity index (χ4v) is 4.13. The molecule has 0 radical (unpaired) electrons. The Bertz CT molecular complexity index is 1240. The summed E-state index contributed by atoms with van der Waals surface area (Å²) in [5.41, 5.74) is 5.59. The standard InChI is InChI=1S/C27H24N2O5/c1-17-18(26(31)32)12-6-13-24(17)29-25(30)14-7-15-28-27(33)34-16-23-21-10-4-2-8-19(21)20-9-3-5-11-22(20)23/h2-14,23H,15-16H2,1H3,(H,28,33)(H,29,30)(H,31,32)/b14-7+. The SMILES string of the molecule is Cc1c(NC(=O)/C=C/CNC(=O)OCC2c3ccccc3-c3ccccc32)cccc1C(=O)O. The van der Waals surface area contributed by atoms with E-state index in [9.17, 15) is 19.5 Å². The van der Waals surface area contributed by atoms with Gasteiger partial charge in [0, 0.05) is 24.2 Å². The summed E-state index contributed by atoms with van der Waals surface area (Å²) in [5.74, 6) is -1.51. The van der Waals surface area contributed by atoms with Crippen LogP contribution in [0.4, 0.5) is 10.5 Å². The maximum Gasteiger partial charge on any atom is 0.407 e. The summed E-state index contributed by atoms with van der Waals surface area (Å²) in [6.07, 6.45) is 2.20. The lowest BCUT2D eigenvalue weighted by molar-refractivity contribution is -0.111. The molecule has 34 heavy (non-hydrogen) atoms. The number of amides is 2. The molecule has 172 valence electrons. The van der Waals surface area contributed by atoms with Gasteiger partial charge in [0.2, 0.25) is 5.91 Å². The van der Waals surface area contributed by atoms with E-state index in [0.29, 0.717) is 11.3 Å². The van der Waals surface area contributed by atoms with E-state index in [2.05, 4.69) is 34.9 Å². The first-order valence-electron chi connectivity index (χ1n) is 10.8. The lowest BCUT2D eigenvalue weighted by Gasteiger charge is -2.14. The van der Waals surface area contributed by atoms with E-state index in [4.69, 9.17) is 4.74 Å². The summed E-state index contributed by atoms with van der Waals surface area (Å²) in [7, 11) is 0. The Morgan fingerprint density at radius 1 is 0.941 bits per heavy atom. The predicted molar refractivity (Wildman–Crippen MR) is 129 cm³/mol. The summed E-state index contributed by atoms with van der Waals surface area (Å²) in [6, 6.07) is 20.9. The van der Waals surface area contributed by atoms with Gasteiger partial charge in [-0.3, -0.25) is 4.79 Å². The Hall–Kier alpha value is -4.39. The smallest absolute Gasteiger partial charge is 0.407 e. The number of ether oxygens (including phenoxy) is 1. The van der Waals surface area contributed by atoms with E-state index in [1.807, 2.05) is 24.3 Å². The number of carbonyl (C=O) groups excluding carboxylic acids is 2. The normalized spacial score (nSPS) is 12.1. The largest absolute Gasteiger partial charge is 0.478 e. The zero-order chi connectivity index (χ0) is 24.1. The molecule has 3 N–H and O–H groups in total. The molecule has 0 aromatic heterocycles. The van der Waals surface area contributed by atoms with Crippen molar-refractivity contribution >= 4 is 23.7 Å². The van der Waals surface area contributed by atoms with Crippen LogP contribution in [-0.2, 0) is 9.53 Å². The molecule has 4 rings (SSSR count). The number of benzene rings is 3. The van der Waals surface area contributed by atoms with Gasteiger partial charge in [-0.05, 0) is 46.9 Å². The third-order valence-corrected chi connectivity index (χ3v) is 5.80. The molecule has 1 aliphatic carbocycles. The van der Waals surface area contributed by atoms with Crippen LogP contribution in [0.25, 0.3) is 11.1 Å². The van der Waals surface area contributed by atoms with Crippen molar-refractivity contribution < 1.29 is 24.2 Å². The molecule has 3 aromatic rings. The van der Waals surface area contributed by atoms with Gasteiger partial charge in [-0.25, -0.2) is 9.59 Å². The van der Waals surface area contributed by atoms with Gasteiger partial charge in [-0.2, -0.15) is 0 Å². The number of nitrogens with one attached hydrogen (secondary N) is 2. The zero-order valence-electron chi connectivity index (χ0n) is 18.6. The van der Waals surface area contributed by atoms with Crippen LogP contribution in [0.1, 0.15) is 33.0 Å². The van der Waals surface area contributed by atoms with Crippen LogP contribution >= 0.6 is 0 Å². The van der Waals surface area contributed by atoms with Gasteiger partial charge in [-0.1, -0.05) is 60.7 Å². The summed E-state index contributed by atoms with van der Waals surface area (Å²) in [6.45, 7) is 1.95. The second kappa shape index (κ2) is 10.0. The molecular weight excluding hydrogens is 432 g/mol. The van der Waals surface area contributed by atoms with Crippen LogP contribution in [-0.4, -0.2) is 36.2 Å². The molecule has 0 saturated carbocycles. The Labute approximate surface area is 197 Å². The number of fused-ring (bicyclic) bond motifs is 3. The van der Waals surface area contributed by atoms with Crippen molar-refractivity contribution in [2.45, 2.75) is 12.8 Å². The van der Waals surface area contributed by atoms with Crippen LogP contribution in [0.5, 0.6) is 0 Å². The van der Waals surface area contributed by atoms with Gasteiger partial charge in [0.15, 0.2) is 0 Å². The molecule has 3 aromatic carbocycles. The first kappa shape index (κ1) is 22.8. The van der Waals surface area contributed by atoms with Crippen LogP contribution < -0.4 is 10.6 Å². The third kappa shape index (κ3) is 4.83. The van der Waals surface area contributed by atoms with Gasteiger partial charge in [0.1, 0.15) is 6.61 Å². The number of carbonyl (C=O) groups is 3. The molecule has 0 spiro atoms. The highest BCUT2D eigenvalue weighted by atomic mass is 16.5. The predicted octanol–water partition coefficient (Wildman–Crippen LogP) is 4.73. The average molecular weight is 456 g/mol. The van der Waals surface area contributed by atoms with Crippen LogP contribution in [0.2, 0.25) is 0 Å². The molecule has 0 heterocycles. The number of anilines is 1. The van der Waals surface area contributed by atoms with Crippen molar-refractivity contribution in [1.82, 2.24) is 5.32 Å². The lowest BCUT2D eigenvalue weighted by Crippen LogP contribution is -2.26. The number of carboxylic acids is 1. The molecule has 0 bridgehead atoms. The molecular formula is C27H24N2O5. The van der Waals surface area contributed by atoms with Gasteiger partial charge in [-0.15, -0.1) is 0 Å². The maximum atomic E-state index is 12.2. The molecule has 7 heteroatoms. The summed E-state index contributed by atoms with van der Waals surface area (Å²) >= 11 is 0. The second-order valence-corrected chi connectivity index (χ2v) is 7.88. The van der Waals surface area contributed by atoms with E-state index in [1.165, 1.54) is 18.2 Å². The van der Waals surface area contributed by atoms with Crippen molar-refractivity contribution in [3.05, 3.63) is 101 Å². The Morgan fingerprint density at radius 2 is 1.59 bits per heavy atom. The highest BCUT2D eigenvalue weighted by Gasteiger charge is 2.28.